The summed E-state index contributed by atoms with van der Waals surface area (Å²) in [5, 5.41) is 8.60. The van der Waals surface area contributed by atoms with Crippen molar-refractivity contribution >= 4 is 31.6 Å². The Morgan fingerprint density at radius 2 is 1.85 bits per heavy atom. The molecule has 1 unspecified atom stereocenters. The maximum atomic E-state index is 11.1. The van der Waals surface area contributed by atoms with Crippen LogP contribution in [0.5, 0.6) is 0 Å². The van der Waals surface area contributed by atoms with Crippen molar-refractivity contribution in [2.45, 2.75) is 0 Å². The molecule has 0 heterocycles. The van der Waals surface area contributed by atoms with Crippen molar-refractivity contribution in [2.24, 2.45) is 0 Å². The Bertz CT molecular complexity index is 595. The number of carbonyl (C=O) groups is 2. The largest absolute Gasteiger partial charge is 0.478 e. The predicted molar refractivity (Wildman–Crippen MR) is 75.1 cm³/mol. The van der Waals surface area contributed by atoms with Crippen LogP contribution < -0.4 is 0 Å². The van der Waals surface area contributed by atoms with Crippen molar-refractivity contribution in [3.8, 4) is 0 Å². The van der Waals surface area contributed by atoms with Crippen molar-refractivity contribution < 1.29 is 31.8 Å². The molecule has 0 bridgehead atoms. The van der Waals surface area contributed by atoms with Crippen LogP contribution in [0.1, 0.15) is 20.7 Å². The van der Waals surface area contributed by atoms with Crippen LogP contribution in [-0.2, 0) is 14.6 Å². The van der Waals surface area contributed by atoms with E-state index in [1.54, 1.807) is 0 Å². The summed E-state index contributed by atoms with van der Waals surface area (Å²) in [6, 6.07) is 4.53. The number of allylic oxidation sites excluding steroid dienone is 1. The van der Waals surface area contributed by atoms with Gasteiger partial charge in [0, 0.05) is 0 Å². The summed E-state index contributed by atoms with van der Waals surface area (Å²) in [6.07, 6.45) is 2.84. The average Bonchev–Trinajstić information content (AvgIpc) is 2.37. The summed E-state index contributed by atoms with van der Waals surface area (Å²) in [5.41, 5.74) is -0.498. The van der Waals surface area contributed by atoms with Crippen molar-refractivity contribution in [3.05, 3.63) is 48.0 Å². The van der Waals surface area contributed by atoms with E-state index in [-0.39, 0.29) is 11.1 Å². The standard InChI is InChI=1S/C8H6O7S.C3H7P/c9-7(10)5-2-1-3-6(4-5)8(11)15-16(12,13)14;1-2-3-4/h1-4H,(H,9,10)(H,12,13,14);2H,1,3-4H2. The number of hydrogen-bond donors (Lipinski definition) is 2. The summed E-state index contributed by atoms with van der Waals surface area (Å²) < 4.78 is 32.4. The molecule has 0 amide bonds. The molecule has 1 aromatic rings. The van der Waals surface area contributed by atoms with E-state index in [9.17, 15) is 18.0 Å². The van der Waals surface area contributed by atoms with Gasteiger partial charge in [-0.25, -0.2) is 9.59 Å². The van der Waals surface area contributed by atoms with E-state index < -0.39 is 22.3 Å². The van der Waals surface area contributed by atoms with E-state index in [1.165, 1.54) is 12.1 Å². The Labute approximate surface area is 118 Å². The summed E-state index contributed by atoms with van der Waals surface area (Å²) in [5.74, 6) is -2.63. The van der Waals surface area contributed by atoms with Gasteiger partial charge in [-0.2, -0.15) is 8.42 Å². The maximum Gasteiger partial charge on any atom is 0.449 e. The van der Waals surface area contributed by atoms with Crippen LogP contribution in [0, 0.1) is 0 Å². The smallest absolute Gasteiger partial charge is 0.449 e. The van der Waals surface area contributed by atoms with Gasteiger partial charge in [0.05, 0.1) is 11.1 Å². The number of carboxylic acid groups (broad SMARTS) is 1. The third-order valence-electron chi connectivity index (χ3n) is 1.69. The number of carboxylic acids is 1. The van der Waals surface area contributed by atoms with Crippen LogP contribution in [0.2, 0.25) is 0 Å². The first-order valence-electron chi connectivity index (χ1n) is 5.06. The molecule has 0 aliphatic rings. The SMILES string of the molecule is C=CCP.O=C(O)c1cccc(C(=O)OS(=O)(=O)O)c1. The quantitative estimate of drug-likeness (QED) is 0.489. The Hall–Kier alpha value is -1.76. The van der Waals surface area contributed by atoms with Gasteiger partial charge in [0.1, 0.15) is 0 Å². The van der Waals surface area contributed by atoms with Gasteiger partial charge in [-0.05, 0) is 24.4 Å². The van der Waals surface area contributed by atoms with E-state index in [1.807, 2.05) is 6.08 Å². The minimum Gasteiger partial charge on any atom is -0.478 e. The molecule has 0 saturated heterocycles. The molecule has 0 aliphatic carbocycles. The highest BCUT2D eigenvalue weighted by Gasteiger charge is 2.16. The predicted octanol–water partition coefficient (Wildman–Crippen LogP) is 1.39. The molecule has 2 N–H and O–H groups in total. The number of carbonyl (C=O) groups excluding carboxylic acids is 1. The van der Waals surface area contributed by atoms with Crippen LogP contribution in [0.15, 0.2) is 36.9 Å². The van der Waals surface area contributed by atoms with Gasteiger partial charge in [0.2, 0.25) is 0 Å². The second kappa shape index (κ2) is 8.42. The third kappa shape index (κ3) is 7.63. The Morgan fingerprint density at radius 3 is 2.25 bits per heavy atom. The molecule has 0 saturated carbocycles. The normalized spacial score (nSPS) is 9.90. The number of benzene rings is 1. The van der Waals surface area contributed by atoms with Gasteiger partial charge in [-0.3, -0.25) is 4.55 Å². The van der Waals surface area contributed by atoms with E-state index in [0.717, 1.165) is 18.3 Å². The van der Waals surface area contributed by atoms with Crippen molar-refractivity contribution in [2.75, 3.05) is 6.16 Å². The van der Waals surface area contributed by atoms with Crippen molar-refractivity contribution in [1.82, 2.24) is 0 Å². The summed E-state index contributed by atoms with van der Waals surface area (Å²) in [6.45, 7) is 3.46. The van der Waals surface area contributed by atoms with Crippen LogP contribution in [0.3, 0.4) is 0 Å². The van der Waals surface area contributed by atoms with Crippen LogP contribution in [0.25, 0.3) is 0 Å². The van der Waals surface area contributed by atoms with Crippen LogP contribution in [0.4, 0.5) is 0 Å². The number of rotatable bonds is 4. The van der Waals surface area contributed by atoms with Crippen LogP contribution >= 0.6 is 9.24 Å². The lowest BCUT2D eigenvalue weighted by Gasteiger charge is -2.01. The molecule has 0 fully saturated rings. The summed E-state index contributed by atoms with van der Waals surface area (Å²) in [4.78, 5) is 21.6. The van der Waals surface area contributed by atoms with Gasteiger partial charge < -0.3 is 9.29 Å². The van der Waals surface area contributed by atoms with E-state index in [4.69, 9.17) is 9.66 Å². The molecule has 1 rings (SSSR count). The van der Waals surface area contributed by atoms with E-state index in [0.29, 0.717) is 0 Å². The van der Waals surface area contributed by atoms with Crippen molar-refractivity contribution in [3.63, 3.8) is 0 Å². The highest BCUT2D eigenvalue weighted by molar-refractivity contribution is 7.81. The molecule has 0 spiro atoms. The molecular weight excluding hydrogens is 307 g/mol. The Kier molecular flexibility index (Phi) is 7.68. The molecular formula is C11H13O7PS. The Morgan fingerprint density at radius 1 is 1.35 bits per heavy atom. The third-order valence-corrected chi connectivity index (χ3v) is 2.39. The molecule has 1 aromatic carbocycles. The molecule has 1 atom stereocenters. The number of hydrogen-bond acceptors (Lipinski definition) is 5. The average molecular weight is 320 g/mol. The minimum atomic E-state index is -4.90. The zero-order valence-electron chi connectivity index (χ0n) is 10.2. The zero-order valence-corrected chi connectivity index (χ0v) is 12.2. The highest BCUT2D eigenvalue weighted by atomic mass is 32.3. The molecule has 7 nitrogen and oxygen atoms in total. The summed E-state index contributed by atoms with van der Waals surface area (Å²) in [7, 11) is -2.36. The fraction of sp³-hybridized carbons (Fsp3) is 0.0909. The molecule has 0 aromatic heterocycles. The summed E-state index contributed by atoms with van der Waals surface area (Å²) >= 11 is 0. The Balaban J connectivity index is 0.000000796. The lowest BCUT2D eigenvalue weighted by atomic mass is 10.1. The van der Waals surface area contributed by atoms with Gasteiger partial charge in [-0.15, -0.1) is 15.8 Å². The highest BCUT2D eigenvalue weighted by Crippen LogP contribution is 2.08. The second-order valence-corrected chi connectivity index (χ2v) is 4.70. The van der Waals surface area contributed by atoms with E-state index in [2.05, 4.69) is 20.0 Å². The second-order valence-electron chi connectivity index (χ2n) is 3.21. The maximum absolute atomic E-state index is 11.1. The lowest BCUT2D eigenvalue weighted by molar-refractivity contribution is 0.0696. The first-order chi connectivity index (χ1) is 9.21. The first kappa shape index (κ1) is 18.2. The molecule has 9 heteroatoms. The van der Waals surface area contributed by atoms with Crippen LogP contribution in [-0.4, -0.2) is 36.2 Å². The fourth-order valence-electron chi connectivity index (χ4n) is 0.923. The molecule has 0 radical (unpaired) electrons. The zero-order chi connectivity index (χ0) is 15.8. The van der Waals surface area contributed by atoms with Crippen molar-refractivity contribution in [1.29, 1.82) is 0 Å². The lowest BCUT2D eigenvalue weighted by Crippen LogP contribution is -2.12. The molecule has 110 valence electrons. The van der Waals surface area contributed by atoms with Gasteiger partial charge in [-0.1, -0.05) is 12.1 Å². The first-order valence-corrected chi connectivity index (χ1v) is 7.25. The molecule has 0 aliphatic heterocycles. The van der Waals surface area contributed by atoms with Gasteiger partial charge in [0.15, 0.2) is 0 Å². The monoisotopic (exact) mass is 320 g/mol. The van der Waals surface area contributed by atoms with Gasteiger partial charge >= 0.3 is 22.3 Å². The minimum absolute atomic E-state index is 0.204. The molecule has 20 heavy (non-hydrogen) atoms. The van der Waals surface area contributed by atoms with Gasteiger partial charge in [0.25, 0.3) is 0 Å². The fourth-order valence-corrected chi connectivity index (χ4v) is 1.21. The number of aromatic carboxylic acids is 1. The topological polar surface area (TPSA) is 118 Å². The van der Waals surface area contributed by atoms with E-state index >= 15 is 0 Å².